The van der Waals surface area contributed by atoms with Gasteiger partial charge in [0.1, 0.15) is 5.54 Å². The summed E-state index contributed by atoms with van der Waals surface area (Å²) in [5, 5.41) is 14.5. The second-order valence-electron chi connectivity index (χ2n) is 6.30. The Morgan fingerprint density at radius 2 is 1.86 bits per heavy atom. The quantitative estimate of drug-likeness (QED) is 0.888. The van der Waals surface area contributed by atoms with E-state index in [1.54, 1.807) is 13.8 Å². The van der Waals surface area contributed by atoms with Crippen molar-refractivity contribution < 1.29 is 4.79 Å². The highest BCUT2D eigenvalue weighted by Crippen LogP contribution is 2.23. The second kappa shape index (κ2) is 6.01. The van der Waals surface area contributed by atoms with Crippen LogP contribution in [0.5, 0.6) is 0 Å². The Morgan fingerprint density at radius 1 is 1.24 bits per heavy atom. The number of urea groups is 1. The summed E-state index contributed by atoms with van der Waals surface area (Å²) >= 11 is 0. The van der Waals surface area contributed by atoms with Gasteiger partial charge in [-0.25, -0.2) is 4.79 Å². The van der Waals surface area contributed by atoms with Crippen molar-refractivity contribution in [3.63, 3.8) is 0 Å². The van der Waals surface area contributed by atoms with Crippen LogP contribution in [0, 0.1) is 11.3 Å². The Bertz CT molecular complexity index is 594. The Hall–Kier alpha value is -2.28. The third-order valence-electron chi connectivity index (χ3n) is 3.21. The first kappa shape index (κ1) is 16.8. The van der Waals surface area contributed by atoms with E-state index in [2.05, 4.69) is 17.2 Å². The molecule has 0 spiro atoms. The van der Waals surface area contributed by atoms with E-state index in [1.165, 1.54) is 0 Å². The fraction of sp³-hybridized carbons (Fsp3) is 0.412. The number of allylic oxidation sites excluding steroid dienone is 1. The molecule has 0 unspecified atom stereocenters. The van der Waals surface area contributed by atoms with Gasteiger partial charge in [-0.15, -0.1) is 0 Å². The Balaban J connectivity index is 2.91. The molecule has 0 atom stereocenters. The van der Waals surface area contributed by atoms with E-state index in [0.29, 0.717) is 0 Å². The zero-order valence-corrected chi connectivity index (χ0v) is 13.4. The van der Waals surface area contributed by atoms with E-state index in [1.807, 2.05) is 51.1 Å². The molecule has 0 saturated heterocycles. The molecule has 0 radical (unpaired) electrons. The van der Waals surface area contributed by atoms with Gasteiger partial charge in [0, 0.05) is 0 Å². The van der Waals surface area contributed by atoms with Gasteiger partial charge in [0.15, 0.2) is 0 Å². The number of carbonyl (C=O) groups excluding carboxylic acids is 1. The van der Waals surface area contributed by atoms with E-state index in [-0.39, 0.29) is 6.03 Å². The molecule has 0 saturated carbocycles. The molecule has 0 aromatic heterocycles. The standard InChI is InChI=1S/C17H23N3O/c1-12(2)13-8-7-9-14(10-13)17(5,6)20-15(21)19-16(3,4)11-18/h7-10H,1H2,2-6H3,(H2,19,20,21). The number of hydrogen-bond donors (Lipinski definition) is 2. The molecular weight excluding hydrogens is 262 g/mol. The molecule has 1 aromatic rings. The SMILES string of the molecule is C=C(C)c1cccc(C(C)(C)NC(=O)NC(C)(C)C#N)c1. The van der Waals surface area contributed by atoms with Crippen LogP contribution in [-0.2, 0) is 5.54 Å². The van der Waals surface area contributed by atoms with E-state index in [4.69, 9.17) is 5.26 Å². The van der Waals surface area contributed by atoms with E-state index >= 15 is 0 Å². The second-order valence-corrected chi connectivity index (χ2v) is 6.30. The van der Waals surface area contributed by atoms with Crippen molar-refractivity contribution in [2.75, 3.05) is 0 Å². The largest absolute Gasteiger partial charge is 0.329 e. The van der Waals surface area contributed by atoms with Crippen LogP contribution in [0.2, 0.25) is 0 Å². The molecule has 2 N–H and O–H groups in total. The number of benzene rings is 1. The normalized spacial score (nSPS) is 11.4. The lowest BCUT2D eigenvalue weighted by Crippen LogP contribution is -2.52. The van der Waals surface area contributed by atoms with Gasteiger partial charge < -0.3 is 10.6 Å². The van der Waals surface area contributed by atoms with Gasteiger partial charge in [-0.2, -0.15) is 5.26 Å². The first-order valence-electron chi connectivity index (χ1n) is 6.85. The maximum Gasteiger partial charge on any atom is 0.316 e. The number of carbonyl (C=O) groups is 1. The fourth-order valence-electron chi connectivity index (χ4n) is 1.87. The summed E-state index contributed by atoms with van der Waals surface area (Å²) < 4.78 is 0. The number of hydrogen-bond acceptors (Lipinski definition) is 2. The molecule has 1 rings (SSSR count). The third-order valence-corrected chi connectivity index (χ3v) is 3.21. The number of nitrogens with one attached hydrogen (secondary N) is 2. The topological polar surface area (TPSA) is 64.9 Å². The van der Waals surface area contributed by atoms with Gasteiger partial charge in [-0.3, -0.25) is 0 Å². The number of nitrogens with zero attached hydrogens (tertiary/aromatic N) is 1. The van der Waals surface area contributed by atoms with Crippen molar-refractivity contribution in [3.8, 4) is 6.07 Å². The van der Waals surface area contributed by atoms with Gasteiger partial charge in [-0.1, -0.05) is 30.4 Å². The third kappa shape index (κ3) is 4.64. The summed E-state index contributed by atoms with van der Waals surface area (Å²) in [6.45, 7) is 13.0. The first-order valence-corrected chi connectivity index (χ1v) is 6.85. The lowest BCUT2D eigenvalue weighted by Gasteiger charge is -2.29. The average molecular weight is 285 g/mol. The molecule has 0 bridgehead atoms. The molecule has 0 fully saturated rings. The average Bonchev–Trinajstić information content (AvgIpc) is 2.37. The molecule has 4 heteroatoms. The molecule has 0 heterocycles. The van der Waals surface area contributed by atoms with Crippen molar-refractivity contribution >= 4 is 11.6 Å². The van der Waals surface area contributed by atoms with Crippen molar-refractivity contribution in [2.45, 2.75) is 45.7 Å². The predicted octanol–water partition coefficient (Wildman–Crippen LogP) is 3.56. The Morgan fingerprint density at radius 3 is 2.38 bits per heavy atom. The van der Waals surface area contributed by atoms with Gasteiger partial charge in [0.25, 0.3) is 0 Å². The number of rotatable bonds is 4. The van der Waals surface area contributed by atoms with Crippen LogP contribution < -0.4 is 10.6 Å². The summed E-state index contributed by atoms with van der Waals surface area (Å²) in [7, 11) is 0. The first-order chi connectivity index (χ1) is 9.57. The zero-order valence-electron chi connectivity index (χ0n) is 13.4. The van der Waals surface area contributed by atoms with Crippen molar-refractivity contribution in [2.24, 2.45) is 0 Å². The molecular formula is C17H23N3O. The predicted molar refractivity (Wildman–Crippen MR) is 85.5 cm³/mol. The Labute approximate surface area is 126 Å². The van der Waals surface area contributed by atoms with Crippen LogP contribution in [0.1, 0.15) is 45.7 Å². The van der Waals surface area contributed by atoms with Crippen molar-refractivity contribution in [3.05, 3.63) is 42.0 Å². The van der Waals surface area contributed by atoms with Crippen LogP contribution in [-0.4, -0.2) is 11.6 Å². The minimum absolute atomic E-state index is 0.368. The van der Waals surface area contributed by atoms with Crippen LogP contribution in [0.15, 0.2) is 30.8 Å². The minimum Gasteiger partial charge on any atom is -0.329 e. The monoisotopic (exact) mass is 285 g/mol. The lowest BCUT2D eigenvalue weighted by molar-refractivity contribution is 0.224. The maximum atomic E-state index is 12.0. The molecule has 0 aliphatic carbocycles. The minimum atomic E-state index is -0.903. The Kier molecular flexibility index (Phi) is 4.80. The molecule has 1 aromatic carbocycles. The zero-order chi connectivity index (χ0) is 16.3. The lowest BCUT2D eigenvalue weighted by atomic mass is 9.92. The van der Waals surface area contributed by atoms with Crippen LogP contribution in [0.3, 0.4) is 0 Å². The number of nitriles is 1. The summed E-state index contributed by atoms with van der Waals surface area (Å²) in [6.07, 6.45) is 0. The van der Waals surface area contributed by atoms with E-state index < -0.39 is 11.1 Å². The summed E-state index contributed by atoms with van der Waals surface area (Å²) in [5.41, 5.74) is 1.54. The highest BCUT2D eigenvalue weighted by Gasteiger charge is 2.26. The molecule has 0 aliphatic heterocycles. The highest BCUT2D eigenvalue weighted by molar-refractivity contribution is 5.76. The molecule has 21 heavy (non-hydrogen) atoms. The van der Waals surface area contributed by atoms with Crippen LogP contribution in [0.4, 0.5) is 4.79 Å². The summed E-state index contributed by atoms with van der Waals surface area (Å²) in [6, 6.07) is 9.57. The number of amides is 2. The van der Waals surface area contributed by atoms with Gasteiger partial charge in [0.05, 0.1) is 11.6 Å². The van der Waals surface area contributed by atoms with Gasteiger partial charge in [0.2, 0.25) is 0 Å². The van der Waals surface area contributed by atoms with E-state index in [0.717, 1.165) is 16.7 Å². The fourth-order valence-corrected chi connectivity index (χ4v) is 1.87. The van der Waals surface area contributed by atoms with E-state index in [9.17, 15) is 4.79 Å². The highest BCUT2D eigenvalue weighted by atomic mass is 16.2. The van der Waals surface area contributed by atoms with Crippen LogP contribution >= 0.6 is 0 Å². The summed E-state index contributed by atoms with van der Waals surface area (Å²) in [5.74, 6) is 0. The molecule has 112 valence electrons. The van der Waals surface area contributed by atoms with Crippen molar-refractivity contribution in [1.29, 1.82) is 5.26 Å². The smallest absolute Gasteiger partial charge is 0.316 e. The van der Waals surface area contributed by atoms with Crippen molar-refractivity contribution in [1.82, 2.24) is 10.6 Å². The summed E-state index contributed by atoms with van der Waals surface area (Å²) in [4.78, 5) is 12.0. The van der Waals surface area contributed by atoms with Gasteiger partial charge in [-0.05, 0) is 51.8 Å². The molecule has 4 nitrogen and oxygen atoms in total. The molecule has 2 amide bonds. The molecule has 0 aliphatic rings. The maximum absolute atomic E-state index is 12.0. The van der Waals surface area contributed by atoms with Gasteiger partial charge >= 0.3 is 6.03 Å². The van der Waals surface area contributed by atoms with Crippen LogP contribution in [0.25, 0.3) is 5.57 Å².